The molecule has 0 radical (unpaired) electrons. The Morgan fingerprint density at radius 3 is 2.84 bits per heavy atom. The van der Waals surface area contributed by atoms with Gasteiger partial charge in [-0.05, 0) is 37.7 Å². The van der Waals surface area contributed by atoms with Gasteiger partial charge in [0, 0.05) is 17.7 Å². The van der Waals surface area contributed by atoms with Crippen molar-refractivity contribution in [2.45, 2.75) is 63.4 Å². The number of unbranched alkanes of at least 4 members (excludes halogenated alkanes) is 3. The first-order valence-electron chi connectivity index (χ1n) is 9.23. The molecule has 3 aromatic heterocycles. The number of nitrogens with zero attached hydrogens (tertiary/aromatic N) is 4. The lowest BCUT2D eigenvalue weighted by Crippen LogP contribution is -2.20. The Morgan fingerprint density at radius 2 is 2.00 bits per heavy atom. The Kier molecular flexibility index (Phi) is 4.86. The number of aryl methyl sites for hydroxylation is 3. The van der Waals surface area contributed by atoms with E-state index in [2.05, 4.69) is 21.5 Å². The number of hydrogen-bond acceptors (Lipinski definition) is 5. The normalized spacial score (nSPS) is 14.5. The van der Waals surface area contributed by atoms with Crippen LogP contribution in [-0.2, 0) is 19.9 Å². The van der Waals surface area contributed by atoms with Gasteiger partial charge >= 0.3 is 0 Å². The van der Waals surface area contributed by atoms with Gasteiger partial charge in [0.15, 0.2) is 5.16 Å². The second-order valence-electron chi connectivity index (χ2n) is 6.78. The molecule has 4 rings (SSSR count). The summed E-state index contributed by atoms with van der Waals surface area (Å²) in [6.45, 7) is 2.23. The van der Waals surface area contributed by atoms with E-state index in [1.165, 1.54) is 49.0 Å². The van der Waals surface area contributed by atoms with Crippen molar-refractivity contribution in [1.82, 2.24) is 19.2 Å². The van der Waals surface area contributed by atoms with E-state index in [9.17, 15) is 4.79 Å². The van der Waals surface area contributed by atoms with E-state index in [-0.39, 0.29) is 5.56 Å². The zero-order valence-electron chi connectivity index (χ0n) is 14.9. The molecule has 25 heavy (non-hydrogen) atoms. The average Bonchev–Trinajstić information content (AvgIpc) is 3.21. The summed E-state index contributed by atoms with van der Waals surface area (Å²) in [5, 5.41) is 10.5. The number of thioether (sulfide) groups is 1. The number of rotatable bonds is 6. The lowest BCUT2D eigenvalue weighted by Gasteiger charge is -2.10. The second-order valence-corrected chi connectivity index (χ2v) is 8.93. The first kappa shape index (κ1) is 17.1. The lowest BCUT2D eigenvalue weighted by atomic mass is 9.97. The molecule has 0 bridgehead atoms. The maximum atomic E-state index is 12.9. The Hall–Kier alpha value is -1.34. The van der Waals surface area contributed by atoms with Crippen LogP contribution in [0.15, 0.2) is 9.95 Å². The molecule has 0 aromatic carbocycles. The van der Waals surface area contributed by atoms with Crippen molar-refractivity contribution in [1.29, 1.82) is 0 Å². The van der Waals surface area contributed by atoms with Crippen LogP contribution in [-0.4, -0.2) is 24.9 Å². The lowest BCUT2D eigenvalue weighted by molar-refractivity contribution is 0.699. The summed E-state index contributed by atoms with van der Waals surface area (Å²) >= 11 is 3.54. The van der Waals surface area contributed by atoms with Crippen LogP contribution in [0, 0.1) is 0 Å². The maximum absolute atomic E-state index is 12.9. The van der Waals surface area contributed by atoms with Gasteiger partial charge in [0.1, 0.15) is 4.83 Å². The van der Waals surface area contributed by atoms with Crippen molar-refractivity contribution in [3.63, 3.8) is 0 Å². The van der Waals surface area contributed by atoms with Gasteiger partial charge in [-0.3, -0.25) is 9.36 Å². The fourth-order valence-corrected chi connectivity index (χ4v) is 6.00. The predicted molar refractivity (Wildman–Crippen MR) is 105 cm³/mol. The van der Waals surface area contributed by atoms with E-state index in [0.717, 1.165) is 34.0 Å². The van der Waals surface area contributed by atoms with Crippen molar-refractivity contribution in [2.24, 2.45) is 7.05 Å². The highest BCUT2D eigenvalue weighted by atomic mass is 32.2. The molecule has 3 heterocycles. The predicted octanol–water partition coefficient (Wildman–Crippen LogP) is 4.19. The molecule has 0 spiro atoms. The number of aromatic nitrogens is 4. The van der Waals surface area contributed by atoms with Gasteiger partial charge in [-0.2, -0.15) is 0 Å². The first-order chi connectivity index (χ1) is 12.2. The number of fused-ring (bicyclic) bond motifs is 5. The molecule has 0 aliphatic heterocycles. The van der Waals surface area contributed by atoms with Crippen LogP contribution < -0.4 is 5.56 Å². The summed E-state index contributed by atoms with van der Waals surface area (Å²) in [7, 11) is 1.81. The number of thiophene rings is 1. The minimum Gasteiger partial charge on any atom is -0.279 e. The molecule has 0 saturated carbocycles. The SMILES string of the molecule is CCCCCCSc1nnc2n(C)c(=O)c3c4c(sc3n12)CCCC4. The molecule has 134 valence electrons. The van der Waals surface area contributed by atoms with Crippen molar-refractivity contribution in [3.8, 4) is 0 Å². The van der Waals surface area contributed by atoms with Crippen LogP contribution in [0.2, 0.25) is 0 Å². The van der Waals surface area contributed by atoms with Gasteiger partial charge in [-0.1, -0.05) is 37.9 Å². The fourth-order valence-electron chi connectivity index (χ4n) is 3.63. The monoisotopic (exact) mass is 376 g/mol. The molecule has 0 amide bonds. The topological polar surface area (TPSA) is 52.2 Å². The summed E-state index contributed by atoms with van der Waals surface area (Å²) in [5.41, 5.74) is 1.36. The molecule has 0 N–H and O–H groups in total. The van der Waals surface area contributed by atoms with E-state index >= 15 is 0 Å². The highest BCUT2D eigenvalue weighted by molar-refractivity contribution is 7.99. The zero-order valence-corrected chi connectivity index (χ0v) is 16.5. The third kappa shape index (κ3) is 2.91. The molecule has 7 heteroatoms. The molecule has 1 aliphatic rings. The van der Waals surface area contributed by atoms with Crippen LogP contribution >= 0.6 is 23.1 Å². The number of hydrogen-bond donors (Lipinski definition) is 0. The molecule has 0 saturated heterocycles. The highest BCUT2D eigenvalue weighted by Crippen LogP contribution is 2.36. The Labute approximate surface area is 155 Å². The van der Waals surface area contributed by atoms with Gasteiger partial charge < -0.3 is 0 Å². The van der Waals surface area contributed by atoms with Gasteiger partial charge in [0.2, 0.25) is 5.78 Å². The van der Waals surface area contributed by atoms with Crippen LogP contribution in [0.25, 0.3) is 16.0 Å². The molecule has 1 aliphatic carbocycles. The molecule has 0 unspecified atom stereocenters. The van der Waals surface area contributed by atoms with Crippen LogP contribution in [0.1, 0.15) is 55.9 Å². The highest BCUT2D eigenvalue weighted by Gasteiger charge is 2.23. The molecular formula is C18H24N4OS2. The minimum absolute atomic E-state index is 0.0776. The quantitative estimate of drug-likeness (QED) is 0.478. The molecule has 5 nitrogen and oxygen atoms in total. The summed E-state index contributed by atoms with van der Waals surface area (Å²) in [4.78, 5) is 15.3. The average molecular weight is 377 g/mol. The Bertz CT molecular complexity index is 969. The van der Waals surface area contributed by atoms with Crippen molar-refractivity contribution < 1.29 is 0 Å². The standard InChI is InChI=1S/C18H24N4OS2/c1-3-4-5-8-11-24-18-20-19-17-21(2)15(23)14-12-9-6-7-10-13(12)25-16(14)22(17)18/h3-11H2,1-2H3. The molecule has 3 aromatic rings. The van der Waals surface area contributed by atoms with Gasteiger partial charge in [-0.15, -0.1) is 21.5 Å². The Balaban J connectivity index is 1.80. The van der Waals surface area contributed by atoms with Gasteiger partial charge in [-0.25, -0.2) is 4.40 Å². The molecular weight excluding hydrogens is 352 g/mol. The summed E-state index contributed by atoms with van der Waals surface area (Å²) in [6.07, 6.45) is 9.54. The fraction of sp³-hybridized carbons (Fsp3) is 0.611. The van der Waals surface area contributed by atoms with E-state index in [1.54, 1.807) is 27.7 Å². The van der Waals surface area contributed by atoms with E-state index < -0.39 is 0 Å². The molecule has 0 atom stereocenters. The van der Waals surface area contributed by atoms with E-state index in [1.807, 2.05) is 7.05 Å². The van der Waals surface area contributed by atoms with Gasteiger partial charge in [0.25, 0.3) is 5.56 Å². The third-order valence-electron chi connectivity index (χ3n) is 5.02. The summed E-state index contributed by atoms with van der Waals surface area (Å²) in [5.74, 6) is 1.71. The minimum atomic E-state index is 0.0776. The zero-order chi connectivity index (χ0) is 17.4. The van der Waals surface area contributed by atoms with E-state index in [4.69, 9.17) is 0 Å². The smallest absolute Gasteiger partial charge is 0.263 e. The van der Waals surface area contributed by atoms with Crippen LogP contribution in [0.4, 0.5) is 0 Å². The van der Waals surface area contributed by atoms with Crippen LogP contribution in [0.3, 0.4) is 0 Å². The van der Waals surface area contributed by atoms with Crippen LogP contribution in [0.5, 0.6) is 0 Å². The first-order valence-corrected chi connectivity index (χ1v) is 11.0. The van der Waals surface area contributed by atoms with Crippen molar-refractivity contribution >= 4 is 39.1 Å². The maximum Gasteiger partial charge on any atom is 0.263 e. The molecule has 0 fully saturated rings. The van der Waals surface area contributed by atoms with E-state index in [0.29, 0.717) is 5.78 Å². The Morgan fingerprint density at radius 1 is 1.16 bits per heavy atom. The largest absolute Gasteiger partial charge is 0.279 e. The third-order valence-corrected chi connectivity index (χ3v) is 7.31. The summed E-state index contributed by atoms with van der Waals surface area (Å²) in [6, 6.07) is 0. The van der Waals surface area contributed by atoms with Crippen molar-refractivity contribution in [3.05, 3.63) is 20.8 Å². The summed E-state index contributed by atoms with van der Waals surface area (Å²) < 4.78 is 3.78. The van der Waals surface area contributed by atoms with Gasteiger partial charge in [0.05, 0.1) is 5.39 Å². The van der Waals surface area contributed by atoms with Crippen molar-refractivity contribution in [2.75, 3.05) is 5.75 Å². The second kappa shape index (κ2) is 7.11.